The van der Waals surface area contributed by atoms with E-state index in [1.807, 2.05) is 36.4 Å². The highest BCUT2D eigenvalue weighted by Crippen LogP contribution is 2.41. The fourth-order valence-corrected chi connectivity index (χ4v) is 3.98. The van der Waals surface area contributed by atoms with Gasteiger partial charge in [0.2, 0.25) is 0 Å². The second-order valence-electron chi connectivity index (χ2n) is 7.84. The molecule has 27 heavy (non-hydrogen) atoms. The molecule has 0 amide bonds. The van der Waals surface area contributed by atoms with E-state index in [9.17, 15) is 4.79 Å². The van der Waals surface area contributed by atoms with Crippen LogP contribution in [0.25, 0.3) is 0 Å². The number of carbonyl (C=O) groups excluding carboxylic acids is 1. The standard InChI is InChI=1S/C22H31NO4/c1-16(2)22(21(24)27-14-17-7-5-4-6-8-17)11-9-18(13-22)23-19-10-12-26-15-20(19)25-3/h4-9,11,16,18-20,23H,10,12-15H2,1-3H3/t18-,19+,20-,22+/m1/s1. The molecule has 4 atom stereocenters. The molecule has 0 spiro atoms. The number of methoxy groups -OCH3 is 1. The molecule has 1 aliphatic carbocycles. The molecule has 0 aromatic heterocycles. The first-order valence-corrected chi connectivity index (χ1v) is 9.82. The Bertz CT molecular complexity index is 645. The van der Waals surface area contributed by atoms with Crippen molar-refractivity contribution in [3.8, 4) is 0 Å². The summed E-state index contributed by atoms with van der Waals surface area (Å²) in [7, 11) is 1.72. The Hall–Kier alpha value is -1.69. The average molecular weight is 373 g/mol. The first-order valence-electron chi connectivity index (χ1n) is 9.82. The Balaban J connectivity index is 1.62. The molecular weight excluding hydrogens is 342 g/mol. The lowest BCUT2D eigenvalue weighted by atomic mass is 9.76. The first kappa shape index (κ1) is 20.1. The summed E-state index contributed by atoms with van der Waals surface area (Å²) in [6.45, 7) is 5.83. The van der Waals surface area contributed by atoms with Crippen molar-refractivity contribution in [3.63, 3.8) is 0 Å². The third-order valence-corrected chi connectivity index (χ3v) is 5.84. The van der Waals surface area contributed by atoms with Crippen LogP contribution in [0, 0.1) is 11.3 Å². The number of rotatable bonds is 7. The minimum absolute atomic E-state index is 0.0474. The molecule has 1 aromatic carbocycles. The zero-order valence-electron chi connectivity index (χ0n) is 16.5. The molecule has 1 N–H and O–H groups in total. The second-order valence-corrected chi connectivity index (χ2v) is 7.84. The van der Waals surface area contributed by atoms with Crippen molar-refractivity contribution in [3.05, 3.63) is 48.0 Å². The Morgan fingerprint density at radius 2 is 2.11 bits per heavy atom. The van der Waals surface area contributed by atoms with E-state index in [0.717, 1.165) is 18.6 Å². The van der Waals surface area contributed by atoms with E-state index in [4.69, 9.17) is 14.2 Å². The predicted molar refractivity (Wildman–Crippen MR) is 104 cm³/mol. The molecule has 2 aliphatic rings. The van der Waals surface area contributed by atoms with Gasteiger partial charge in [0.25, 0.3) is 0 Å². The van der Waals surface area contributed by atoms with Gasteiger partial charge in [-0.1, -0.05) is 56.3 Å². The van der Waals surface area contributed by atoms with Gasteiger partial charge in [-0.2, -0.15) is 0 Å². The Kier molecular flexibility index (Phi) is 6.68. The van der Waals surface area contributed by atoms with E-state index in [1.165, 1.54) is 0 Å². The van der Waals surface area contributed by atoms with Gasteiger partial charge in [-0.25, -0.2) is 0 Å². The molecule has 3 rings (SSSR count). The fraction of sp³-hybridized carbons (Fsp3) is 0.591. The zero-order valence-corrected chi connectivity index (χ0v) is 16.5. The van der Waals surface area contributed by atoms with Gasteiger partial charge >= 0.3 is 5.97 Å². The van der Waals surface area contributed by atoms with Crippen LogP contribution in [-0.4, -0.2) is 44.5 Å². The smallest absolute Gasteiger partial charge is 0.316 e. The van der Waals surface area contributed by atoms with Crippen LogP contribution < -0.4 is 5.32 Å². The van der Waals surface area contributed by atoms with Crippen molar-refractivity contribution < 1.29 is 19.0 Å². The largest absolute Gasteiger partial charge is 0.460 e. The van der Waals surface area contributed by atoms with Crippen molar-refractivity contribution in [2.45, 2.75) is 51.5 Å². The molecular formula is C22H31NO4. The van der Waals surface area contributed by atoms with Gasteiger partial charge in [0.1, 0.15) is 6.61 Å². The van der Waals surface area contributed by atoms with Crippen molar-refractivity contribution in [1.29, 1.82) is 0 Å². The molecule has 0 unspecified atom stereocenters. The highest BCUT2D eigenvalue weighted by Gasteiger charge is 2.46. The Labute approximate surface area is 162 Å². The van der Waals surface area contributed by atoms with Gasteiger partial charge in [-0.15, -0.1) is 0 Å². The summed E-state index contributed by atoms with van der Waals surface area (Å²) in [5, 5.41) is 3.66. The summed E-state index contributed by atoms with van der Waals surface area (Å²) >= 11 is 0. The maximum absolute atomic E-state index is 13.0. The Morgan fingerprint density at radius 1 is 1.33 bits per heavy atom. The van der Waals surface area contributed by atoms with Gasteiger partial charge in [-0.05, 0) is 24.3 Å². The number of benzene rings is 1. The van der Waals surface area contributed by atoms with Crippen LogP contribution in [0.2, 0.25) is 0 Å². The van der Waals surface area contributed by atoms with Crippen LogP contribution in [0.4, 0.5) is 0 Å². The van der Waals surface area contributed by atoms with E-state index in [2.05, 4.69) is 25.2 Å². The number of hydrogen-bond acceptors (Lipinski definition) is 5. The highest BCUT2D eigenvalue weighted by molar-refractivity contribution is 5.80. The molecule has 1 fully saturated rings. The van der Waals surface area contributed by atoms with Crippen molar-refractivity contribution >= 4 is 5.97 Å². The lowest BCUT2D eigenvalue weighted by Gasteiger charge is -2.35. The minimum Gasteiger partial charge on any atom is -0.460 e. The Morgan fingerprint density at radius 3 is 2.81 bits per heavy atom. The SMILES string of the molecule is CO[C@@H]1COCC[C@@H]1N[C@@H]1C=C[C@@](C(=O)OCc2ccccc2)(C(C)C)C1. The van der Waals surface area contributed by atoms with Gasteiger partial charge in [0.05, 0.1) is 18.1 Å². The van der Waals surface area contributed by atoms with E-state index in [0.29, 0.717) is 19.6 Å². The molecule has 1 heterocycles. The van der Waals surface area contributed by atoms with Gasteiger partial charge in [0.15, 0.2) is 0 Å². The van der Waals surface area contributed by atoms with Crippen LogP contribution in [0.3, 0.4) is 0 Å². The number of ether oxygens (including phenoxy) is 3. The van der Waals surface area contributed by atoms with E-state index in [-0.39, 0.29) is 30.1 Å². The maximum Gasteiger partial charge on any atom is 0.316 e. The summed E-state index contributed by atoms with van der Waals surface area (Å²) in [6.07, 6.45) is 5.84. The third kappa shape index (κ3) is 4.60. The maximum atomic E-state index is 13.0. The van der Waals surface area contributed by atoms with E-state index >= 15 is 0 Å². The van der Waals surface area contributed by atoms with E-state index in [1.54, 1.807) is 7.11 Å². The summed E-state index contributed by atoms with van der Waals surface area (Å²) < 4.78 is 16.7. The van der Waals surface area contributed by atoms with Crippen LogP contribution >= 0.6 is 0 Å². The van der Waals surface area contributed by atoms with Crippen LogP contribution in [0.15, 0.2) is 42.5 Å². The highest BCUT2D eigenvalue weighted by atomic mass is 16.5. The lowest BCUT2D eigenvalue weighted by Crippen LogP contribution is -2.51. The summed E-state index contributed by atoms with van der Waals surface area (Å²) in [4.78, 5) is 13.0. The van der Waals surface area contributed by atoms with E-state index < -0.39 is 5.41 Å². The van der Waals surface area contributed by atoms with Crippen LogP contribution in [0.1, 0.15) is 32.3 Å². The summed E-state index contributed by atoms with van der Waals surface area (Å²) in [6, 6.07) is 10.2. The number of nitrogens with one attached hydrogen (secondary N) is 1. The van der Waals surface area contributed by atoms with Crippen LogP contribution in [0.5, 0.6) is 0 Å². The second kappa shape index (κ2) is 9.00. The molecule has 1 saturated heterocycles. The van der Waals surface area contributed by atoms with Crippen molar-refractivity contribution in [2.24, 2.45) is 11.3 Å². The molecule has 148 valence electrons. The lowest BCUT2D eigenvalue weighted by molar-refractivity contribution is -0.157. The quantitative estimate of drug-likeness (QED) is 0.588. The predicted octanol–water partition coefficient (Wildman–Crippen LogP) is 3.09. The zero-order chi connectivity index (χ0) is 19.3. The molecule has 1 aromatic rings. The third-order valence-electron chi connectivity index (χ3n) is 5.84. The van der Waals surface area contributed by atoms with Gasteiger partial charge < -0.3 is 19.5 Å². The number of hydrogen-bond donors (Lipinski definition) is 1. The molecule has 5 heteroatoms. The van der Waals surface area contributed by atoms with Crippen LogP contribution in [-0.2, 0) is 25.6 Å². The summed E-state index contributed by atoms with van der Waals surface area (Å²) in [5.41, 5.74) is 0.423. The monoisotopic (exact) mass is 373 g/mol. The molecule has 1 aliphatic heterocycles. The average Bonchev–Trinajstić information content (AvgIpc) is 3.13. The molecule has 0 saturated carbocycles. The van der Waals surface area contributed by atoms with Gasteiger partial charge in [0, 0.05) is 25.8 Å². The number of carbonyl (C=O) groups is 1. The van der Waals surface area contributed by atoms with Crippen molar-refractivity contribution in [2.75, 3.05) is 20.3 Å². The molecule has 5 nitrogen and oxygen atoms in total. The molecule has 0 radical (unpaired) electrons. The summed E-state index contributed by atoms with van der Waals surface area (Å²) in [5.74, 6) is 0.0221. The molecule has 0 bridgehead atoms. The van der Waals surface area contributed by atoms with Crippen molar-refractivity contribution in [1.82, 2.24) is 5.32 Å². The topological polar surface area (TPSA) is 56.8 Å². The number of esters is 1. The normalized spacial score (nSPS) is 30.6. The van der Waals surface area contributed by atoms with Gasteiger partial charge in [-0.3, -0.25) is 4.79 Å². The first-order chi connectivity index (χ1) is 13.0. The fourth-order valence-electron chi connectivity index (χ4n) is 3.98. The minimum atomic E-state index is -0.583.